The van der Waals surface area contributed by atoms with E-state index in [2.05, 4.69) is 5.10 Å². The lowest BCUT2D eigenvalue weighted by Gasteiger charge is -2.00. The van der Waals surface area contributed by atoms with Crippen LogP contribution in [-0.2, 0) is 6.54 Å². The van der Waals surface area contributed by atoms with Gasteiger partial charge >= 0.3 is 0 Å². The Labute approximate surface area is 75.9 Å². The van der Waals surface area contributed by atoms with Crippen LogP contribution in [0.3, 0.4) is 0 Å². The maximum absolute atomic E-state index is 5.56. The van der Waals surface area contributed by atoms with Crippen molar-refractivity contribution in [2.24, 2.45) is 5.73 Å². The Balaban J connectivity index is 2.64. The van der Waals surface area contributed by atoms with Crippen LogP contribution in [-0.4, -0.2) is 16.7 Å². The van der Waals surface area contributed by atoms with Crippen LogP contribution in [0.25, 0.3) is 5.52 Å². The molecule has 68 valence electrons. The lowest BCUT2D eigenvalue weighted by atomic mass is 10.2. The summed E-state index contributed by atoms with van der Waals surface area (Å²) in [7, 11) is 1.64. The van der Waals surface area contributed by atoms with Crippen LogP contribution in [0.2, 0.25) is 0 Å². The fourth-order valence-corrected chi connectivity index (χ4v) is 1.30. The summed E-state index contributed by atoms with van der Waals surface area (Å²) < 4.78 is 6.89. The predicted octanol–water partition coefficient (Wildman–Crippen LogP) is 0.802. The molecule has 2 aromatic heterocycles. The molecule has 0 bridgehead atoms. The summed E-state index contributed by atoms with van der Waals surface area (Å²) in [6.07, 6.45) is 3.63. The molecular weight excluding hydrogens is 166 g/mol. The highest BCUT2D eigenvalue weighted by Gasteiger charge is 2.02. The van der Waals surface area contributed by atoms with Crippen LogP contribution >= 0.6 is 0 Å². The Bertz CT molecular complexity index is 422. The van der Waals surface area contributed by atoms with E-state index < -0.39 is 0 Å². The van der Waals surface area contributed by atoms with E-state index in [1.54, 1.807) is 17.8 Å². The lowest BCUT2D eigenvalue weighted by molar-refractivity contribution is 0.414. The number of pyridine rings is 1. The molecule has 2 aromatic rings. The third-order valence-electron chi connectivity index (χ3n) is 2.03. The highest BCUT2D eigenvalue weighted by atomic mass is 16.5. The van der Waals surface area contributed by atoms with Crippen molar-refractivity contribution in [3.63, 3.8) is 0 Å². The van der Waals surface area contributed by atoms with Gasteiger partial charge in [-0.1, -0.05) is 0 Å². The molecule has 0 atom stereocenters. The average Bonchev–Trinajstić information content (AvgIpc) is 2.59. The second-order valence-corrected chi connectivity index (χ2v) is 2.77. The van der Waals surface area contributed by atoms with Crippen LogP contribution < -0.4 is 10.5 Å². The fourth-order valence-electron chi connectivity index (χ4n) is 1.30. The summed E-state index contributed by atoms with van der Waals surface area (Å²) in [5.41, 5.74) is 7.59. The molecule has 0 unspecified atom stereocenters. The van der Waals surface area contributed by atoms with Gasteiger partial charge in [0.15, 0.2) is 0 Å². The number of rotatable bonds is 2. The summed E-state index contributed by atoms with van der Waals surface area (Å²) in [6, 6.07) is 3.79. The fraction of sp³-hybridized carbons (Fsp3) is 0.222. The van der Waals surface area contributed by atoms with Gasteiger partial charge in [0.2, 0.25) is 0 Å². The van der Waals surface area contributed by atoms with E-state index in [-0.39, 0.29) is 0 Å². The largest absolute Gasteiger partial charge is 0.497 e. The summed E-state index contributed by atoms with van der Waals surface area (Å²) in [5, 5.41) is 4.15. The Morgan fingerprint density at radius 2 is 2.46 bits per heavy atom. The molecule has 2 heterocycles. The van der Waals surface area contributed by atoms with E-state index >= 15 is 0 Å². The van der Waals surface area contributed by atoms with E-state index in [9.17, 15) is 0 Å². The van der Waals surface area contributed by atoms with Crippen molar-refractivity contribution in [3.05, 3.63) is 30.1 Å². The Morgan fingerprint density at radius 3 is 3.15 bits per heavy atom. The zero-order valence-corrected chi connectivity index (χ0v) is 7.40. The summed E-state index contributed by atoms with van der Waals surface area (Å²) >= 11 is 0. The SMILES string of the molecule is COc1ccn2ncc(CN)c2c1. The number of aromatic nitrogens is 2. The lowest BCUT2D eigenvalue weighted by Crippen LogP contribution is -1.95. The molecule has 2 N–H and O–H groups in total. The second kappa shape index (κ2) is 3.06. The summed E-state index contributed by atoms with van der Waals surface area (Å²) in [5.74, 6) is 0.822. The van der Waals surface area contributed by atoms with Gasteiger partial charge in [-0.15, -0.1) is 0 Å². The van der Waals surface area contributed by atoms with Crippen molar-refractivity contribution in [1.29, 1.82) is 0 Å². The Morgan fingerprint density at radius 1 is 1.62 bits per heavy atom. The molecule has 0 aliphatic rings. The molecule has 0 fully saturated rings. The van der Waals surface area contributed by atoms with E-state index in [0.717, 1.165) is 16.8 Å². The minimum Gasteiger partial charge on any atom is -0.497 e. The number of methoxy groups -OCH3 is 1. The van der Waals surface area contributed by atoms with Crippen LogP contribution in [0.5, 0.6) is 5.75 Å². The van der Waals surface area contributed by atoms with Gasteiger partial charge in [-0.3, -0.25) is 0 Å². The Hall–Kier alpha value is -1.55. The van der Waals surface area contributed by atoms with Crippen LogP contribution in [0.1, 0.15) is 5.56 Å². The van der Waals surface area contributed by atoms with Crippen LogP contribution in [0, 0.1) is 0 Å². The first-order valence-electron chi connectivity index (χ1n) is 4.05. The second-order valence-electron chi connectivity index (χ2n) is 2.77. The summed E-state index contributed by atoms with van der Waals surface area (Å²) in [6.45, 7) is 0.497. The first-order valence-corrected chi connectivity index (χ1v) is 4.05. The standard InChI is InChI=1S/C9H11N3O/c1-13-8-2-3-12-9(4-8)7(5-10)6-11-12/h2-4,6H,5,10H2,1H3. The normalized spacial score (nSPS) is 10.6. The van der Waals surface area contributed by atoms with E-state index in [4.69, 9.17) is 10.5 Å². The molecule has 2 rings (SSSR count). The quantitative estimate of drug-likeness (QED) is 0.738. The minimum absolute atomic E-state index is 0.497. The number of nitrogens with zero attached hydrogens (tertiary/aromatic N) is 2. The molecule has 4 nitrogen and oxygen atoms in total. The first-order chi connectivity index (χ1) is 6.35. The molecular formula is C9H11N3O. The Kier molecular flexibility index (Phi) is 1.90. The number of fused-ring (bicyclic) bond motifs is 1. The predicted molar refractivity (Wildman–Crippen MR) is 49.6 cm³/mol. The van der Waals surface area contributed by atoms with E-state index in [1.807, 2.05) is 18.3 Å². The molecule has 0 aliphatic carbocycles. The summed E-state index contributed by atoms with van der Waals surface area (Å²) in [4.78, 5) is 0. The van der Waals surface area contributed by atoms with E-state index in [0.29, 0.717) is 6.54 Å². The van der Waals surface area contributed by atoms with E-state index in [1.165, 1.54) is 0 Å². The van der Waals surface area contributed by atoms with Gasteiger partial charge in [-0.25, -0.2) is 4.52 Å². The molecule has 0 radical (unpaired) electrons. The maximum atomic E-state index is 5.56. The third kappa shape index (κ3) is 1.25. The highest BCUT2D eigenvalue weighted by Crippen LogP contribution is 2.16. The van der Waals surface area contributed by atoms with Gasteiger partial charge in [-0.05, 0) is 6.07 Å². The maximum Gasteiger partial charge on any atom is 0.122 e. The van der Waals surface area contributed by atoms with Crippen molar-refractivity contribution in [3.8, 4) is 5.75 Å². The number of hydrogen-bond donors (Lipinski definition) is 1. The zero-order chi connectivity index (χ0) is 9.26. The van der Waals surface area contributed by atoms with Crippen molar-refractivity contribution >= 4 is 5.52 Å². The molecule has 0 amide bonds. The highest BCUT2D eigenvalue weighted by molar-refractivity contribution is 5.56. The molecule has 0 aromatic carbocycles. The molecule has 0 spiro atoms. The molecule has 4 heteroatoms. The van der Waals surface area contributed by atoms with Gasteiger partial charge in [0.05, 0.1) is 18.8 Å². The average molecular weight is 177 g/mol. The zero-order valence-electron chi connectivity index (χ0n) is 7.40. The van der Waals surface area contributed by atoms with Crippen LogP contribution in [0.15, 0.2) is 24.5 Å². The third-order valence-corrected chi connectivity index (χ3v) is 2.03. The van der Waals surface area contributed by atoms with Gasteiger partial charge in [0.25, 0.3) is 0 Å². The molecule has 0 saturated heterocycles. The smallest absolute Gasteiger partial charge is 0.122 e. The number of ether oxygens (including phenoxy) is 1. The van der Waals surface area contributed by atoms with Gasteiger partial charge < -0.3 is 10.5 Å². The van der Waals surface area contributed by atoms with Crippen molar-refractivity contribution in [2.75, 3.05) is 7.11 Å². The number of nitrogens with two attached hydrogens (primary N) is 1. The van der Waals surface area contributed by atoms with Crippen molar-refractivity contribution in [2.45, 2.75) is 6.54 Å². The van der Waals surface area contributed by atoms with Gasteiger partial charge in [0, 0.05) is 24.4 Å². The molecule has 0 saturated carbocycles. The monoisotopic (exact) mass is 177 g/mol. The van der Waals surface area contributed by atoms with Gasteiger partial charge in [0.1, 0.15) is 5.75 Å². The first kappa shape index (κ1) is 8.07. The number of hydrogen-bond acceptors (Lipinski definition) is 3. The van der Waals surface area contributed by atoms with Gasteiger partial charge in [-0.2, -0.15) is 5.10 Å². The van der Waals surface area contributed by atoms with Crippen molar-refractivity contribution in [1.82, 2.24) is 9.61 Å². The molecule has 0 aliphatic heterocycles. The topological polar surface area (TPSA) is 52.5 Å². The van der Waals surface area contributed by atoms with Crippen molar-refractivity contribution < 1.29 is 4.74 Å². The minimum atomic E-state index is 0.497. The molecule has 13 heavy (non-hydrogen) atoms. The van der Waals surface area contributed by atoms with Crippen LogP contribution in [0.4, 0.5) is 0 Å².